The minimum absolute atomic E-state index is 0.0279. The molecule has 2 aliphatic rings. The number of hydrogen-bond donors (Lipinski definition) is 2. The lowest BCUT2D eigenvalue weighted by Crippen LogP contribution is -2.47. The Hall–Kier alpha value is -1.76. The van der Waals surface area contributed by atoms with Gasteiger partial charge in [-0.05, 0) is 69.3 Å². The molecule has 1 saturated heterocycles. The van der Waals surface area contributed by atoms with Crippen LogP contribution in [0.4, 0.5) is 5.13 Å². The van der Waals surface area contributed by atoms with Gasteiger partial charge in [-0.15, -0.1) is 11.3 Å². The summed E-state index contributed by atoms with van der Waals surface area (Å²) in [6.45, 7) is 4.20. The fourth-order valence-corrected chi connectivity index (χ4v) is 5.12. The van der Waals surface area contributed by atoms with Crippen molar-refractivity contribution in [2.45, 2.75) is 39.0 Å². The van der Waals surface area contributed by atoms with Crippen molar-refractivity contribution < 1.29 is 9.53 Å². The van der Waals surface area contributed by atoms with E-state index in [2.05, 4.69) is 35.8 Å². The van der Waals surface area contributed by atoms with Gasteiger partial charge in [0.15, 0.2) is 5.13 Å². The van der Waals surface area contributed by atoms with Gasteiger partial charge >= 0.3 is 0 Å². The number of hydrogen-bond acceptors (Lipinski definition) is 5. The summed E-state index contributed by atoms with van der Waals surface area (Å²) in [5, 5.41) is 7.09. The predicted octanol–water partition coefficient (Wildman–Crippen LogP) is 3.56. The SMILES string of the molecule is COCC1(C(=O)Nc2nc(-c3ccc4c(c3)CCC4)c(C)s2)CCNCC1. The molecular formula is C21H27N3O2S. The van der Waals surface area contributed by atoms with Crippen molar-refractivity contribution in [3.05, 3.63) is 34.2 Å². The highest BCUT2D eigenvalue weighted by Gasteiger charge is 2.40. The number of methoxy groups -OCH3 is 1. The molecule has 1 aromatic carbocycles. The maximum Gasteiger partial charge on any atom is 0.234 e. The fraction of sp³-hybridized carbons (Fsp3) is 0.524. The molecule has 1 fully saturated rings. The first-order valence-corrected chi connectivity index (χ1v) is 10.5. The highest BCUT2D eigenvalue weighted by molar-refractivity contribution is 7.16. The average Bonchev–Trinajstić information content (AvgIpc) is 3.28. The van der Waals surface area contributed by atoms with Crippen LogP contribution in [0.3, 0.4) is 0 Å². The maximum absolute atomic E-state index is 13.0. The van der Waals surface area contributed by atoms with Crippen LogP contribution >= 0.6 is 11.3 Å². The molecule has 0 atom stereocenters. The first-order valence-electron chi connectivity index (χ1n) is 9.72. The lowest BCUT2D eigenvalue weighted by molar-refractivity contribution is -0.130. The topological polar surface area (TPSA) is 63.2 Å². The highest BCUT2D eigenvalue weighted by Crippen LogP contribution is 2.35. The van der Waals surface area contributed by atoms with Gasteiger partial charge in [0.25, 0.3) is 0 Å². The summed E-state index contributed by atoms with van der Waals surface area (Å²) in [4.78, 5) is 18.9. The Balaban J connectivity index is 1.55. The van der Waals surface area contributed by atoms with Crippen molar-refractivity contribution in [2.75, 3.05) is 32.1 Å². The second-order valence-corrected chi connectivity index (χ2v) is 8.88. The zero-order valence-corrected chi connectivity index (χ0v) is 16.9. The Kier molecular flexibility index (Phi) is 5.30. The van der Waals surface area contributed by atoms with E-state index in [-0.39, 0.29) is 5.91 Å². The maximum atomic E-state index is 13.0. The van der Waals surface area contributed by atoms with Crippen LogP contribution in [0, 0.1) is 12.3 Å². The third kappa shape index (κ3) is 3.66. The summed E-state index contributed by atoms with van der Waals surface area (Å²) in [5.74, 6) is 0.0279. The molecule has 0 radical (unpaired) electrons. The number of benzene rings is 1. The molecule has 144 valence electrons. The molecule has 0 bridgehead atoms. The number of carbonyl (C=O) groups is 1. The van der Waals surface area contributed by atoms with Gasteiger partial charge in [-0.3, -0.25) is 4.79 Å². The number of carbonyl (C=O) groups excluding carboxylic acids is 1. The van der Waals surface area contributed by atoms with E-state index in [0.29, 0.717) is 11.7 Å². The number of anilines is 1. The van der Waals surface area contributed by atoms with Gasteiger partial charge in [-0.1, -0.05) is 12.1 Å². The number of fused-ring (bicyclic) bond motifs is 1. The van der Waals surface area contributed by atoms with Crippen LogP contribution in [0.25, 0.3) is 11.3 Å². The van der Waals surface area contributed by atoms with Gasteiger partial charge in [0.05, 0.1) is 17.7 Å². The summed E-state index contributed by atoms with van der Waals surface area (Å²) in [5.41, 5.74) is 4.58. The van der Waals surface area contributed by atoms with Crippen LogP contribution in [0.2, 0.25) is 0 Å². The molecule has 1 aliphatic heterocycles. The molecule has 0 saturated carbocycles. The van der Waals surface area contributed by atoms with Gasteiger partial charge in [0.1, 0.15) is 0 Å². The number of ether oxygens (including phenoxy) is 1. The first-order chi connectivity index (χ1) is 13.1. The Bertz CT molecular complexity index is 834. The standard InChI is InChI=1S/C21H27N3O2S/c1-14-18(17-7-6-15-4-3-5-16(15)12-17)23-20(27-14)24-19(25)21(13-26-2)8-10-22-11-9-21/h6-7,12,22H,3-5,8-11,13H2,1-2H3,(H,23,24,25). The van der Waals surface area contributed by atoms with E-state index in [1.807, 2.05) is 0 Å². The molecule has 1 aliphatic carbocycles. The third-order valence-electron chi connectivity index (χ3n) is 5.85. The van der Waals surface area contributed by atoms with E-state index in [9.17, 15) is 4.79 Å². The molecule has 0 spiro atoms. The zero-order chi connectivity index (χ0) is 18.9. The molecule has 2 N–H and O–H groups in total. The van der Waals surface area contributed by atoms with Crippen molar-refractivity contribution in [3.8, 4) is 11.3 Å². The van der Waals surface area contributed by atoms with E-state index in [0.717, 1.165) is 48.5 Å². The van der Waals surface area contributed by atoms with Crippen molar-refractivity contribution in [3.63, 3.8) is 0 Å². The number of amides is 1. The van der Waals surface area contributed by atoms with Crippen LogP contribution in [-0.2, 0) is 22.4 Å². The Morgan fingerprint density at radius 2 is 2.07 bits per heavy atom. The van der Waals surface area contributed by atoms with Gasteiger partial charge in [-0.25, -0.2) is 4.98 Å². The summed E-state index contributed by atoms with van der Waals surface area (Å²) in [7, 11) is 1.66. The molecule has 2 aromatic rings. The summed E-state index contributed by atoms with van der Waals surface area (Å²) in [6.07, 6.45) is 5.16. The molecule has 2 heterocycles. The van der Waals surface area contributed by atoms with Crippen molar-refractivity contribution in [2.24, 2.45) is 5.41 Å². The fourth-order valence-electron chi connectivity index (χ4n) is 4.29. The average molecular weight is 386 g/mol. The van der Waals surface area contributed by atoms with Gasteiger partial charge < -0.3 is 15.4 Å². The number of rotatable bonds is 5. The van der Waals surface area contributed by atoms with Crippen LogP contribution in [0.1, 0.15) is 35.3 Å². The van der Waals surface area contributed by atoms with Crippen LogP contribution in [-0.4, -0.2) is 37.7 Å². The minimum Gasteiger partial charge on any atom is -0.384 e. The van der Waals surface area contributed by atoms with Gasteiger partial charge in [0.2, 0.25) is 5.91 Å². The lowest BCUT2D eigenvalue weighted by Gasteiger charge is -2.35. The third-order valence-corrected chi connectivity index (χ3v) is 6.74. The lowest BCUT2D eigenvalue weighted by atomic mass is 9.79. The normalized spacial score (nSPS) is 18.3. The van der Waals surface area contributed by atoms with E-state index in [4.69, 9.17) is 9.72 Å². The van der Waals surface area contributed by atoms with Crippen molar-refractivity contribution in [1.82, 2.24) is 10.3 Å². The molecule has 5 nitrogen and oxygen atoms in total. The highest BCUT2D eigenvalue weighted by atomic mass is 32.1. The molecular weight excluding hydrogens is 358 g/mol. The zero-order valence-electron chi connectivity index (χ0n) is 16.1. The molecule has 1 aromatic heterocycles. The predicted molar refractivity (Wildman–Crippen MR) is 109 cm³/mol. The molecule has 6 heteroatoms. The molecule has 4 rings (SSSR count). The van der Waals surface area contributed by atoms with Gasteiger partial charge in [-0.2, -0.15) is 0 Å². The van der Waals surface area contributed by atoms with Crippen LogP contribution in [0.15, 0.2) is 18.2 Å². The number of thiazole rings is 1. The Morgan fingerprint density at radius 1 is 1.30 bits per heavy atom. The summed E-state index contributed by atoms with van der Waals surface area (Å²) in [6, 6.07) is 6.67. The van der Waals surface area contributed by atoms with E-state index < -0.39 is 5.41 Å². The Labute approximate surface area is 164 Å². The van der Waals surface area contributed by atoms with E-state index in [1.165, 1.54) is 24.0 Å². The van der Waals surface area contributed by atoms with E-state index >= 15 is 0 Å². The molecule has 27 heavy (non-hydrogen) atoms. The van der Waals surface area contributed by atoms with Crippen LogP contribution in [0.5, 0.6) is 0 Å². The van der Waals surface area contributed by atoms with E-state index in [1.54, 1.807) is 18.4 Å². The summed E-state index contributed by atoms with van der Waals surface area (Å²) < 4.78 is 5.38. The van der Waals surface area contributed by atoms with Crippen molar-refractivity contribution >= 4 is 22.4 Å². The molecule has 1 amide bonds. The minimum atomic E-state index is -0.465. The van der Waals surface area contributed by atoms with Crippen LogP contribution < -0.4 is 10.6 Å². The number of aromatic nitrogens is 1. The smallest absolute Gasteiger partial charge is 0.234 e. The number of piperidine rings is 1. The second kappa shape index (κ2) is 7.70. The number of aryl methyl sites for hydroxylation is 3. The Morgan fingerprint density at radius 3 is 2.85 bits per heavy atom. The van der Waals surface area contributed by atoms with Gasteiger partial charge in [0, 0.05) is 17.6 Å². The monoisotopic (exact) mass is 385 g/mol. The first kappa shape index (κ1) is 18.6. The second-order valence-electron chi connectivity index (χ2n) is 7.68. The van der Waals surface area contributed by atoms with Crippen molar-refractivity contribution in [1.29, 1.82) is 0 Å². The summed E-state index contributed by atoms with van der Waals surface area (Å²) >= 11 is 1.55. The number of nitrogens with one attached hydrogen (secondary N) is 2. The quantitative estimate of drug-likeness (QED) is 0.826. The largest absolute Gasteiger partial charge is 0.384 e. The number of nitrogens with zero attached hydrogens (tertiary/aromatic N) is 1. The molecule has 0 unspecified atom stereocenters.